The van der Waals surface area contributed by atoms with Crippen molar-refractivity contribution >= 4 is 17.9 Å². The molecule has 0 rings (SSSR count). The van der Waals surface area contributed by atoms with Crippen LogP contribution in [-0.2, 0) is 14.4 Å². The molecule has 0 aliphatic carbocycles. The molecule has 0 aromatic rings. The number of nitrogens with zero attached hydrogens (tertiary/aromatic N) is 1. The van der Waals surface area contributed by atoms with Crippen molar-refractivity contribution in [1.82, 2.24) is 0 Å². The standard InChI is InChI=1S/C27H49NO6/c1-5-6-7-8-9-10-11-12-13-14-15-16-17-18-19-20-21-28(22(2)25(29)30,23(3)26(31)32)24(4)27(33)34/h16-17,22-24H,5-15,18-21H2,1-4H3,(H2-,29,30,31,32,33,34)/b17-16+. The van der Waals surface area contributed by atoms with Gasteiger partial charge in [-0.1, -0.05) is 76.9 Å². The average molecular weight is 484 g/mol. The van der Waals surface area contributed by atoms with E-state index in [0.717, 1.165) is 19.3 Å². The number of rotatable bonds is 22. The van der Waals surface area contributed by atoms with Crippen LogP contribution in [-0.4, -0.2) is 57.3 Å². The molecule has 0 saturated carbocycles. The molecule has 0 fully saturated rings. The molecule has 0 bridgehead atoms. The van der Waals surface area contributed by atoms with Crippen LogP contribution in [0, 0.1) is 0 Å². The Bertz CT molecular complexity index is 568. The summed E-state index contributed by atoms with van der Waals surface area (Å²) in [7, 11) is 0. The summed E-state index contributed by atoms with van der Waals surface area (Å²) in [5.41, 5.74) is 0. The van der Waals surface area contributed by atoms with Gasteiger partial charge in [0, 0.05) is 0 Å². The lowest BCUT2D eigenvalue weighted by atomic mass is 10.0. The van der Waals surface area contributed by atoms with E-state index < -0.39 is 40.5 Å². The molecule has 0 aromatic carbocycles. The molecular formula is C27H49NO6. The summed E-state index contributed by atoms with van der Waals surface area (Å²) in [5.74, 6) is -3.85. The summed E-state index contributed by atoms with van der Waals surface area (Å²) < 4.78 is -0.560. The molecule has 0 aliphatic heterocycles. The number of quaternary nitrogens is 1. The van der Waals surface area contributed by atoms with Crippen molar-refractivity contribution in [1.29, 1.82) is 0 Å². The number of carboxylic acids is 3. The Hall–Kier alpha value is -1.89. The first-order valence-electron chi connectivity index (χ1n) is 13.3. The molecule has 0 aromatic heterocycles. The maximum atomic E-state index is 11.7. The van der Waals surface area contributed by atoms with E-state index in [-0.39, 0.29) is 6.54 Å². The Morgan fingerprint density at radius 1 is 0.676 bits per heavy atom. The number of unbranched alkanes of at least 4 members (excludes halogenated alkanes) is 12. The van der Waals surface area contributed by atoms with E-state index in [1.54, 1.807) is 0 Å². The molecule has 0 heterocycles. The van der Waals surface area contributed by atoms with Crippen LogP contribution in [0.2, 0.25) is 0 Å². The fraction of sp³-hybridized carbons (Fsp3) is 0.815. The Kier molecular flexibility index (Phi) is 17.4. The predicted molar refractivity (Wildman–Crippen MR) is 133 cm³/mol. The Morgan fingerprint density at radius 3 is 1.44 bits per heavy atom. The first kappa shape index (κ1) is 32.1. The second-order valence-electron chi connectivity index (χ2n) is 9.68. The molecule has 0 saturated heterocycles. The van der Waals surface area contributed by atoms with Crippen LogP contribution in [0.3, 0.4) is 0 Å². The lowest BCUT2D eigenvalue weighted by Gasteiger charge is -2.49. The van der Waals surface area contributed by atoms with Gasteiger partial charge in [-0.25, -0.2) is 9.59 Å². The topological polar surface area (TPSA) is 115 Å². The zero-order chi connectivity index (χ0) is 26.0. The third-order valence-electron chi connectivity index (χ3n) is 7.28. The molecule has 2 N–H and O–H groups in total. The highest BCUT2D eigenvalue weighted by atomic mass is 16.4. The summed E-state index contributed by atoms with van der Waals surface area (Å²) in [6, 6.07) is -3.60. The van der Waals surface area contributed by atoms with Gasteiger partial charge < -0.3 is 20.1 Å². The normalized spacial score (nSPS) is 16.1. The number of carbonyl (C=O) groups is 3. The van der Waals surface area contributed by atoms with Gasteiger partial charge >= 0.3 is 11.9 Å². The van der Waals surface area contributed by atoms with Gasteiger partial charge in [-0.15, -0.1) is 0 Å². The van der Waals surface area contributed by atoms with Gasteiger partial charge in [0.2, 0.25) is 0 Å². The number of hydrogen-bond donors (Lipinski definition) is 2. The number of carbonyl (C=O) groups excluding carboxylic acids is 1. The van der Waals surface area contributed by atoms with Gasteiger partial charge in [0.05, 0.1) is 12.5 Å². The van der Waals surface area contributed by atoms with Gasteiger partial charge in [-0.3, -0.25) is 4.48 Å². The van der Waals surface area contributed by atoms with Crippen LogP contribution in [0.1, 0.15) is 118 Å². The fourth-order valence-electron chi connectivity index (χ4n) is 4.83. The second kappa shape index (κ2) is 18.4. The van der Waals surface area contributed by atoms with E-state index in [9.17, 15) is 29.7 Å². The van der Waals surface area contributed by atoms with Crippen LogP contribution >= 0.6 is 0 Å². The first-order valence-corrected chi connectivity index (χ1v) is 13.3. The van der Waals surface area contributed by atoms with Crippen LogP contribution in [0.25, 0.3) is 0 Å². The molecule has 198 valence electrons. The van der Waals surface area contributed by atoms with Gasteiger partial charge in [-0.05, 0) is 52.9 Å². The summed E-state index contributed by atoms with van der Waals surface area (Å²) in [4.78, 5) is 35.1. The Labute approximate surface area is 206 Å². The number of hydrogen-bond acceptors (Lipinski definition) is 4. The van der Waals surface area contributed by atoms with Crippen molar-refractivity contribution in [3.8, 4) is 0 Å². The molecule has 34 heavy (non-hydrogen) atoms. The van der Waals surface area contributed by atoms with Gasteiger partial charge in [0.25, 0.3) is 0 Å². The molecule has 0 amide bonds. The van der Waals surface area contributed by atoms with Crippen LogP contribution in [0.4, 0.5) is 0 Å². The molecular weight excluding hydrogens is 434 g/mol. The number of carboxylic acid groups (broad SMARTS) is 3. The number of aliphatic carboxylic acids is 3. The molecule has 0 spiro atoms. The zero-order valence-corrected chi connectivity index (χ0v) is 22.0. The third kappa shape index (κ3) is 11.5. The number of allylic oxidation sites excluding steroid dienone is 2. The molecule has 7 heteroatoms. The molecule has 0 aliphatic rings. The highest BCUT2D eigenvalue weighted by molar-refractivity contribution is 5.76. The van der Waals surface area contributed by atoms with Crippen molar-refractivity contribution in [3.63, 3.8) is 0 Å². The van der Waals surface area contributed by atoms with Gasteiger partial charge in [0.1, 0.15) is 6.04 Å². The summed E-state index contributed by atoms with van der Waals surface area (Å²) in [6.07, 6.45) is 20.6. The minimum absolute atomic E-state index is 0.155. The second-order valence-corrected chi connectivity index (χ2v) is 9.68. The third-order valence-corrected chi connectivity index (χ3v) is 7.28. The monoisotopic (exact) mass is 483 g/mol. The van der Waals surface area contributed by atoms with Crippen LogP contribution < -0.4 is 5.11 Å². The first-order chi connectivity index (χ1) is 16.1. The van der Waals surface area contributed by atoms with Crippen LogP contribution in [0.15, 0.2) is 12.2 Å². The summed E-state index contributed by atoms with van der Waals surface area (Å²) in [6.45, 7) is 6.51. The lowest BCUT2D eigenvalue weighted by Crippen LogP contribution is -2.72. The van der Waals surface area contributed by atoms with E-state index in [1.807, 2.05) is 0 Å². The fourth-order valence-corrected chi connectivity index (χ4v) is 4.83. The van der Waals surface area contributed by atoms with Crippen LogP contribution in [0.5, 0.6) is 0 Å². The van der Waals surface area contributed by atoms with E-state index in [0.29, 0.717) is 6.42 Å². The van der Waals surface area contributed by atoms with Gasteiger partial charge in [-0.2, -0.15) is 0 Å². The largest absolute Gasteiger partial charge is 0.544 e. The SMILES string of the molecule is CCCCCCCCCCCC/C=C/CCCC[N+](C(C)C(=O)[O-])(C(C)C(=O)O)C(C)C(=O)O. The lowest BCUT2D eigenvalue weighted by molar-refractivity contribution is -0.969. The smallest absolute Gasteiger partial charge is 0.362 e. The van der Waals surface area contributed by atoms with Crippen molar-refractivity contribution < 1.29 is 34.2 Å². The quantitative estimate of drug-likeness (QED) is 0.128. The highest BCUT2D eigenvalue weighted by Gasteiger charge is 2.50. The van der Waals surface area contributed by atoms with E-state index in [2.05, 4.69) is 19.1 Å². The van der Waals surface area contributed by atoms with E-state index >= 15 is 0 Å². The molecule has 0 radical (unpaired) electrons. The van der Waals surface area contributed by atoms with Gasteiger partial charge in [0.15, 0.2) is 12.1 Å². The maximum absolute atomic E-state index is 11.7. The average Bonchev–Trinajstić information content (AvgIpc) is 2.80. The molecule has 3 unspecified atom stereocenters. The summed E-state index contributed by atoms with van der Waals surface area (Å²) in [5, 5.41) is 30.8. The minimum Gasteiger partial charge on any atom is -0.544 e. The zero-order valence-electron chi connectivity index (χ0n) is 22.0. The predicted octanol–water partition coefficient (Wildman–Crippen LogP) is 4.93. The van der Waals surface area contributed by atoms with E-state index in [4.69, 9.17) is 0 Å². The Balaban J connectivity index is 4.42. The van der Waals surface area contributed by atoms with Crippen molar-refractivity contribution in [2.45, 2.75) is 136 Å². The maximum Gasteiger partial charge on any atom is 0.362 e. The van der Waals surface area contributed by atoms with Crippen molar-refractivity contribution in [2.24, 2.45) is 0 Å². The molecule has 7 nitrogen and oxygen atoms in total. The van der Waals surface area contributed by atoms with E-state index in [1.165, 1.54) is 85.0 Å². The summed E-state index contributed by atoms with van der Waals surface area (Å²) >= 11 is 0. The van der Waals surface area contributed by atoms with Crippen molar-refractivity contribution in [2.75, 3.05) is 6.54 Å². The highest BCUT2D eigenvalue weighted by Crippen LogP contribution is 2.27. The van der Waals surface area contributed by atoms with Crippen molar-refractivity contribution in [3.05, 3.63) is 12.2 Å². The minimum atomic E-state index is -1.43. The Morgan fingerprint density at radius 2 is 1.06 bits per heavy atom. The molecule has 3 atom stereocenters.